The lowest BCUT2D eigenvalue weighted by Crippen LogP contribution is -2.06. The smallest absolute Gasteiger partial charge is 0.221 e. The lowest BCUT2D eigenvalue weighted by Gasteiger charge is -2.11. The number of phenolic OH excluding ortho intramolecular Hbond substituents is 1. The minimum atomic E-state index is -0.1000. The Labute approximate surface area is 129 Å². The van der Waals surface area contributed by atoms with E-state index in [0.717, 1.165) is 16.9 Å². The average Bonchev–Trinajstić information content (AvgIpc) is 2.48. The molecule has 116 valence electrons. The summed E-state index contributed by atoms with van der Waals surface area (Å²) >= 11 is 0. The molecule has 0 aromatic heterocycles. The molecule has 1 amide bonds. The van der Waals surface area contributed by atoms with Crippen LogP contribution in [0.2, 0.25) is 0 Å². The number of rotatable bonds is 6. The van der Waals surface area contributed by atoms with Gasteiger partial charge in [0.15, 0.2) is 11.5 Å². The maximum absolute atomic E-state index is 11.1. The number of amides is 1. The summed E-state index contributed by atoms with van der Waals surface area (Å²) in [6.07, 6.45) is 0. The van der Waals surface area contributed by atoms with Crippen molar-refractivity contribution in [1.29, 1.82) is 0 Å². The molecule has 5 heteroatoms. The highest BCUT2D eigenvalue weighted by Crippen LogP contribution is 2.27. The van der Waals surface area contributed by atoms with Crippen LogP contribution in [0.5, 0.6) is 11.5 Å². The molecule has 0 unspecified atom stereocenters. The third-order valence-corrected chi connectivity index (χ3v) is 3.00. The number of hydrogen-bond donors (Lipinski definition) is 3. The molecular formula is C17H20N2O3. The van der Waals surface area contributed by atoms with E-state index in [9.17, 15) is 9.90 Å². The second-order valence-corrected chi connectivity index (χ2v) is 4.85. The van der Waals surface area contributed by atoms with E-state index in [2.05, 4.69) is 10.6 Å². The van der Waals surface area contributed by atoms with Crippen LogP contribution in [-0.2, 0) is 11.3 Å². The molecule has 0 saturated heterocycles. The van der Waals surface area contributed by atoms with Crippen molar-refractivity contribution in [3.05, 3.63) is 48.0 Å². The summed E-state index contributed by atoms with van der Waals surface area (Å²) in [4.78, 5) is 11.1. The fourth-order valence-electron chi connectivity index (χ4n) is 2.05. The highest BCUT2D eigenvalue weighted by Gasteiger charge is 2.04. The van der Waals surface area contributed by atoms with Gasteiger partial charge in [0.05, 0.1) is 6.61 Å². The van der Waals surface area contributed by atoms with Crippen LogP contribution in [-0.4, -0.2) is 17.6 Å². The number of aromatic hydroxyl groups is 1. The molecule has 0 fully saturated rings. The molecule has 3 N–H and O–H groups in total. The fraction of sp³-hybridized carbons (Fsp3) is 0.235. The molecule has 0 atom stereocenters. The van der Waals surface area contributed by atoms with E-state index in [1.807, 2.05) is 43.3 Å². The van der Waals surface area contributed by atoms with Crippen molar-refractivity contribution < 1.29 is 14.6 Å². The molecule has 2 aromatic rings. The van der Waals surface area contributed by atoms with E-state index in [-0.39, 0.29) is 11.7 Å². The first-order valence-electron chi connectivity index (χ1n) is 7.14. The van der Waals surface area contributed by atoms with Crippen LogP contribution in [0.1, 0.15) is 19.4 Å². The highest BCUT2D eigenvalue weighted by molar-refractivity contribution is 5.89. The van der Waals surface area contributed by atoms with Gasteiger partial charge in [0.1, 0.15) is 0 Å². The molecule has 2 rings (SSSR count). The van der Waals surface area contributed by atoms with Crippen LogP contribution in [0, 0.1) is 0 Å². The van der Waals surface area contributed by atoms with Gasteiger partial charge >= 0.3 is 0 Å². The Morgan fingerprint density at radius 2 is 1.95 bits per heavy atom. The van der Waals surface area contributed by atoms with Gasteiger partial charge in [-0.05, 0) is 42.8 Å². The topological polar surface area (TPSA) is 70.6 Å². The van der Waals surface area contributed by atoms with Gasteiger partial charge in [0, 0.05) is 24.8 Å². The number of benzene rings is 2. The highest BCUT2D eigenvalue weighted by atomic mass is 16.5. The molecule has 0 heterocycles. The summed E-state index contributed by atoms with van der Waals surface area (Å²) in [6.45, 7) is 4.44. The van der Waals surface area contributed by atoms with Crippen LogP contribution in [0.25, 0.3) is 0 Å². The first-order chi connectivity index (χ1) is 10.6. The number of hydrogen-bond acceptors (Lipinski definition) is 4. The van der Waals surface area contributed by atoms with E-state index in [0.29, 0.717) is 18.9 Å². The zero-order chi connectivity index (χ0) is 15.9. The largest absolute Gasteiger partial charge is 0.504 e. The Morgan fingerprint density at radius 3 is 2.68 bits per heavy atom. The fourth-order valence-corrected chi connectivity index (χ4v) is 2.05. The molecule has 2 aromatic carbocycles. The summed E-state index contributed by atoms with van der Waals surface area (Å²) < 4.78 is 5.37. The maximum Gasteiger partial charge on any atom is 0.221 e. The molecule has 0 aliphatic heterocycles. The van der Waals surface area contributed by atoms with Crippen molar-refractivity contribution in [2.75, 3.05) is 17.2 Å². The number of carbonyl (C=O) groups excluding carboxylic acids is 1. The zero-order valence-corrected chi connectivity index (χ0v) is 12.7. The van der Waals surface area contributed by atoms with Gasteiger partial charge in [-0.15, -0.1) is 0 Å². The van der Waals surface area contributed by atoms with Gasteiger partial charge in [-0.1, -0.05) is 12.1 Å². The molecule has 0 radical (unpaired) electrons. The molecular weight excluding hydrogens is 280 g/mol. The van der Waals surface area contributed by atoms with Crippen molar-refractivity contribution in [1.82, 2.24) is 0 Å². The quantitative estimate of drug-likeness (QED) is 0.765. The minimum absolute atomic E-state index is 0.1000. The van der Waals surface area contributed by atoms with Crippen molar-refractivity contribution in [2.24, 2.45) is 0 Å². The molecule has 0 saturated carbocycles. The lowest BCUT2D eigenvalue weighted by atomic mass is 10.2. The maximum atomic E-state index is 11.1. The van der Waals surface area contributed by atoms with Crippen molar-refractivity contribution in [3.8, 4) is 11.5 Å². The second-order valence-electron chi connectivity index (χ2n) is 4.85. The van der Waals surface area contributed by atoms with Crippen molar-refractivity contribution >= 4 is 17.3 Å². The third-order valence-electron chi connectivity index (χ3n) is 3.00. The van der Waals surface area contributed by atoms with Crippen molar-refractivity contribution in [2.45, 2.75) is 20.4 Å². The van der Waals surface area contributed by atoms with E-state index >= 15 is 0 Å². The summed E-state index contributed by atoms with van der Waals surface area (Å²) in [6, 6.07) is 12.8. The molecule has 0 aliphatic rings. The summed E-state index contributed by atoms with van der Waals surface area (Å²) in [5.41, 5.74) is 2.64. The van der Waals surface area contributed by atoms with Gasteiger partial charge in [-0.25, -0.2) is 0 Å². The van der Waals surface area contributed by atoms with Gasteiger partial charge in [0.25, 0.3) is 0 Å². The van der Waals surface area contributed by atoms with E-state index in [4.69, 9.17) is 4.74 Å². The first kappa shape index (κ1) is 15.7. The Bertz CT molecular complexity index is 656. The van der Waals surface area contributed by atoms with Crippen LogP contribution in [0.3, 0.4) is 0 Å². The first-order valence-corrected chi connectivity index (χ1v) is 7.14. The number of anilines is 2. The standard InChI is InChI=1S/C17H20N2O3/c1-3-22-17-9-13(7-8-16(17)21)11-18-14-5-4-6-15(10-14)19-12(2)20/h4-10,18,21H,3,11H2,1-2H3,(H,19,20). The third kappa shape index (κ3) is 4.41. The van der Waals surface area contributed by atoms with E-state index < -0.39 is 0 Å². The number of ether oxygens (including phenoxy) is 1. The number of nitrogens with one attached hydrogen (secondary N) is 2. The van der Waals surface area contributed by atoms with Crippen molar-refractivity contribution in [3.63, 3.8) is 0 Å². The number of carbonyl (C=O) groups is 1. The monoisotopic (exact) mass is 300 g/mol. The Morgan fingerprint density at radius 1 is 1.18 bits per heavy atom. The lowest BCUT2D eigenvalue weighted by molar-refractivity contribution is -0.114. The Balaban J connectivity index is 2.03. The van der Waals surface area contributed by atoms with Crippen LogP contribution >= 0.6 is 0 Å². The van der Waals surface area contributed by atoms with Gasteiger partial charge in [0.2, 0.25) is 5.91 Å². The van der Waals surface area contributed by atoms with E-state index in [1.54, 1.807) is 6.07 Å². The second kappa shape index (κ2) is 7.36. The molecule has 0 spiro atoms. The predicted molar refractivity (Wildman–Crippen MR) is 87.3 cm³/mol. The Kier molecular flexibility index (Phi) is 5.25. The minimum Gasteiger partial charge on any atom is -0.504 e. The summed E-state index contributed by atoms with van der Waals surface area (Å²) in [5.74, 6) is 0.518. The molecule has 0 aliphatic carbocycles. The SMILES string of the molecule is CCOc1cc(CNc2cccc(NC(C)=O)c2)ccc1O. The summed E-state index contributed by atoms with van der Waals surface area (Å²) in [5, 5.41) is 15.7. The average molecular weight is 300 g/mol. The summed E-state index contributed by atoms with van der Waals surface area (Å²) in [7, 11) is 0. The molecule has 22 heavy (non-hydrogen) atoms. The van der Waals surface area contributed by atoms with E-state index in [1.165, 1.54) is 6.92 Å². The normalized spacial score (nSPS) is 10.1. The zero-order valence-electron chi connectivity index (χ0n) is 12.7. The Hall–Kier alpha value is -2.69. The number of phenols is 1. The van der Waals surface area contributed by atoms with Gasteiger partial charge < -0.3 is 20.5 Å². The van der Waals surface area contributed by atoms with Crippen LogP contribution in [0.15, 0.2) is 42.5 Å². The predicted octanol–water partition coefficient (Wildman–Crippen LogP) is 3.36. The van der Waals surface area contributed by atoms with Crippen LogP contribution in [0.4, 0.5) is 11.4 Å². The molecule has 0 bridgehead atoms. The van der Waals surface area contributed by atoms with Gasteiger partial charge in [-0.3, -0.25) is 4.79 Å². The van der Waals surface area contributed by atoms with Gasteiger partial charge in [-0.2, -0.15) is 0 Å². The van der Waals surface area contributed by atoms with Crippen LogP contribution < -0.4 is 15.4 Å². The molecule has 5 nitrogen and oxygen atoms in total.